The predicted molar refractivity (Wildman–Crippen MR) is 64.3 cm³/mol. The molecule has 0 bridgehead atoms. The van der Waals surface area contributed by atoms with Gasteiger partial charge in [-0.25, -0.2) is 9.48 Å². The SMILES string of the molecule is CCc1c(C(=O)OC)nnn1CC1CCCCO1. The second-order valence-corrected chi connectivity index (χ2v) is 4.40. The van der Waals surface area contributed by atoms with Gasteiger partial charge in [0.25, 0.3) is 0 Å². The molecule has 0 aromatic carbocycles. The first kappa shape index (κ1) is 13.0. The second kappa shape index (κ2) is 5.95. The summed E-state index contributed by atoms with van der Waals surface area (Å²) in [6, 6.07) is 0. The highest BCUT2D eigenvalue weighted by molar-refractivity contribution is 5.88. The number of ether oxygens (including phenoxy) is 2. The summed E-state index contributed by atoms with van der Waals surface area (Å²) in [5, 5.41) is 7.94. The van der Waals surface area contributed by atoms with Crippen molar-refractivity contribution in [3.63, 3.8) is 0 Å². The number of aromatic nitrogens is 3. The lowest BCUT2D eigenvalue weighted by Crippen LogP contribution is -2.26. The lowest BCUT2D eigenvalue weighted by molar-refractivity contribution is 0.00323. The number of carbonyl (C=O) groups excluding carboxylic acids is 1. The standard InChI is InChI=1S/C12H19N3O3/c1-3-10-11(12(16)17-2)13-14-15(10)8-9-6-4-5-7-18-9/h9H,3-8H2,1-2H3. The molecule has 0 spiro atoms. The highest BCUT2D eigenvalue weighted by Crippen LogP contribution is 2.16. The third-order valence-corrected chi connectivity index (χ3v) is 3.20. The van der Waals surface area contributed by atoms with Crippen molar-refractivity contribution in [2.75, 3.05) is 13.7 Å². The van der Waals surface area contributed by atoms with Crippen LogP contribution in [0.2, 0.25) is 0 Å². The van der Waals surface area contributed by atoms with E-state index in [-0.39, 0.29) is 6.10 Å². The van der Waals surface area contributed by atoms with Gasteiger partial charge in [-0.1, -0.05) is 12.1 Å². The van der Waals surface area contributed by atoms with Crippen molar-refractivity contribution in [1.82, 2.24) is 15.0 Å². The van der Waals surface area contributed by atoms with Crippen molar-refractivity contribution < 1.29 is 14.3 Å². The normalized spacial score (nSPS) is 19.8. The van der Waals surface area contributed by atoms with Crippen molar-refractivity contribution in [2.24, 2.45) is 0 Å². The molecule has 100 valence electrons. The van der Waals surface area contributed by atoms with E-state index in [0.717, 1.165) is 25.1 Å². The Hall–Kier alpha value is -1.43. The fourth-order valence-electron chi connectivity index (χ4n) is 2.23. The maximum Gasteiger partial charge on any atom is 0.360 e. The van der Waals surface area contributed by atoms with Gasteiger partial charge >= 0.3 is 5.97 Å². The highest BCUT2D eigenvalue weighted by Gasteiger charge is 2.22. The van der Waals surface area contributed by atoms with E-state index in [1.165, 1.54) is 13.5 Å². The topological polar surface area (TPSA) is 66.2 Å². The molecule has 6 heteroatoms. The number of nitrogens with zero attached hydrogens (tertiary/aromatic N) is 3. The zero-order chi connectivity index (χ0) is 13.0. The van der Waals surface area contributed by atoms with E-state index < -0.39 is 5.97 Å². The van der Waals surface area contributed by atoms with Crippen LogP contribution in [0.3, 0.4) is 0 Å². The average molecular weight is 253 g/mol. The molecule has 2 heterocycles. The Labute approximate surface area is 106 Å². The van der Waals surface area contributed by atoms with Crippen LogP contribution in [0.15, 0.2) is 0 Å². The fourth-order valence-corrected chi connectivity index (χ4v) is 2.23. The Balaban J connectivity index is 2.12. The predicted octanol–water partition coefficient (Wildman–Crippen LogP) is 1.20. The van der Waals surface area contributed by atoms with Gasteiger partial charge in [0, 0.05) is 6.61 Å². The number of esters is 1. The monoisotopic (exact) mass is 253 g/mol. The first-order valence-corrected chi connectivity index (χ1v) is 6.38. The Bertz CT molecular complexity index is 411. The number of hydrogen-bond acceptors (Lipinski definition) is 5. The van der Waals surface area contributed by atoms with Gasteiger partial charge in [-0.15, -0.1) is 5.10 Å². The third-order valence-electron chi connectivity index (χ3n) is 3.20. The molecule has 0 radical (unpaired) electrons. The fraction of sp³-hybridized carbons (Fsp3) is 0.750. The van der Waals surface area contributed by atoms with Gasteiger partial charge in [0.1, 0.15) is 0 Å². The van der Waals surface area contributed by atoms with Crippen LogP contribution in [0.5, 0.6) is 0 Å². The van der Waals surface area contributed by atoms with Crippen molar-refractivity contribution in [1.29, 1.82) is 0 Å². The summed E-state index contributed by atoms with van der Waals surface area (Å²) in [7, 11) is 1.35. The molecule has 0 aliphatic carbocycles. The van der Waals surface area contributed by atoms with E-state index >= 15 is 0 Å². The minimum absolute atomic E-state index is 0.177. The summed E-state index contributed by atoms with van der Waals surface area (Å²) < 4.78 is 12.1. The number of carbonyl (C=O) groups is 1. The second-order valence-electron chi connectivity index (χ2n) is 4.40. The summed E-state index contributed by atoms with van der Waals surface area (Å²) in [4.78, 5) is 11.5. The average Bonchev–Trinajstić information content (AvgIpc) is 2.81. The van der Waals surface area contributed by atoms with E-state index in [2.05, 4.69) is 10.3 Å². The number of rotatable bonds is 4. The van der Waals surface area contributed by atoms with E-state index in [9.17, 15) is 4.79 Å². The Kier molecular flexibility index (Phi) is 4.30. The van der Waals surface area contributed by atoms with E-state index in [4.69, 9.17) is 9.47 Å². The smallest absolute Gasteiger partial charge is 0.360 e. The summed E-state index contributed by atoms with van der Waals surface area (Å²) in [6.07, 6.45) is 4.23. The molecule has 0 saturated carbocycles. The zero-order valence-electron chi connectivity index (χ0n) is 10.9. The molecule has 1 aliphatic rings. The third kappa shape index (κ3) is 2.69. The lowest BCUT2D eigenvalue weighted by Gasteiger charge is -2.22. The Morgan fingerprint density at radius 3 is 3.00 bits per heavy atom. The molecule has 0 amide bonds. The highest BCUT2D eigenvalue weighted by atomic mass is 16.5. The first-order valence-electron chi connectivity index (χ1n) is 6.38. The van der Waals surface area contributed by atoms with Crippen molar-refractivity contribution in [3.05, 3.63) is 11.4 Å². The summed E-state index contributed by atoms with van der Waals surface area (Å²) >= 11 is 0. The minimum atomic E-state index is -0.428. The molecule has 1 saturated heterocycles. The quantitative estimate of drug-likeness (QED) is 0.754. The molecule has 1 aromatic rings. The molecule has 18 heavy (non-hydrogen) atoms. The van der Waals surface area contributed by atoms with Gasteiger partial charge in [0.2, 0.25) is 0 Å². The van der Waals surface area contributed by atoms with E-state index in [1.807, 2.05) is 6.92 Å². The molecule has 1 aliphatic heterocycles. The molecular formula is C12H19N3O3. The number of hydrogen-bond donors (Lipinski definition) is 0. The molecular weight excluding hydrogens is 234 g/mol. The largest absolute Gasteiger partial charge is 0.464 e. The van der Waals surface area contributed by atoms with Crippen LogP contribution in [-0.4, -0.2) is 40.8 Å². The van der Waals surface area contributed by atoms with Gasteiger partial charge in [-0.05, 0) is 25.7 Å². The van der Waals surface area contributed by atoms with E-state index in [0.29, 0.717) is 18.7 Å². The van der Waals surface area contributed by atoms with Crippen molar-refractivity contribution >= 4 is 5.97 Å². The van der Waals surface area contributed by atoms with Gasteiger partial charge in [0.15, 0.2) is 5.69 Å². The molecule has 1 unspecified atom stereocenters. The minimum Gasteiger partial charge on any atom is -0.464 e. The maximum absolute atomic E-state index is 11.5. The Morgan fingerprint density at radius 2 is 2.39 bits per heavy atom. The molecule has 1 aromatic heterocycles. The van der Waals surface area contributed by atoms with Crippen LogP contribution in [0, 0.1) is 0 Å². The molecule has 0 N–H and O–H groups in total. The van der Waals surface area contributed by atoms with Gasteiger partial charge in [-0.2, -0.15) is 0 Å². The first-order chi connectivity index (χ1) is 8.76. The number of methoxy groups -OCH3 is 1. The summed E-state index contributed by atoms with van der Waals surface area (Å²) in [5.74, 6) is -0.428. The van der Waals surface area contributed by atoms with Crippen LogP contribution in [-0.2, 0) is 22.4 Å². The van der Waals surface area contributed by atoms with E-state index in [1.54, 1.807) is 4.68 Å². The van der Waals surface area contributed by atoms with Gasteiger partial charge < -0.3 is 9.47 Å². The van der Waals surface area contributed by atoms with Crippen molar-refractivity contribution in [2.45, 2.75) is 45.3 Å². The lowest BCUT2D eigenvalue weighted by atomic mass is 10.1. The van der Waals surface area contributed by atoms with Crippen LogP contribution in [0.4, 0.5) is 0 Å². The van der Waals surface area contributed by atoms with Crippen LogP contribution < -0.4 is 0 Å². The van der Waals surface area contributed by atoms with Crippen LogP contribution in [0.25, 0.3) is 0 Å². The van der Waals surface area contributed by atoms with Crippen LogP contribution in [0.1, 0.15) is 42.4 Å². The van der Waals surface area contributed by atoms with Crippen molar-refractivity contribution in [3.8, 4) is 0 Å². The Morgan fingerprint density at radius 1 is 1.56 bits per heavy atom. The maximum atomic E-state index is 11.5. The molecule has 2 rings (SSSR count). The molecule has 1 fully saturated rings. The van der Waals surface area contributed by atoms with Gasteiger partial charge in [0.05, 0.1) is 25.5 Å². The van der Waals surface area contributed by atoms with Gasteiger partial charge in [-0.3, -0.25) is 0 Å². The zero-order valence-corrected chi connectivity index (χ0v) is 10.9. The van der Waals surface area contributed by atoms with Crippen LogP contribution >= 0.6 is 0 Å². The summed E-state index contributed by atoms with van der Waals surface area (Å²) in [6.45, 7) is 3.45. The molecule has 6 nitrogen and oxygen atoms in total. The summed E-state index contributed by atoms with van der Waals surface area (Å²) in [5.41, 5.74) is 1.13. The molecule has 1 atom stereocenters.